The van der Waals surface area contributed by atoms with Crippen LogP contribution in [0.1, 0.15) is 31.4 Å². The minimum atomic E-state index is 0.381. The fourth-order valence-corrected chi connectivity index (χ4v) is 2.69. The molecule has 1 aliphatic rings. The lowest BCUT2D eigenvalue weighted by molar-refractivity contribution is 0.700. The Morgan fingerprint density at radius 1 is 1.21 bits per heavy atom. The van der Waals surface area contributed by atoms with Gasteiger partial charge < -0.3 is 5.43 Å². The van der Waals surface area contributed by atoms with Crippen LogP contribution in [0.2, 0.25) is 0 Å². The maximum absolute atomic E-state index is 5.65. The molecule has 3 N–H and O–H groups in total. The van der Waals surface area contributed by atoms with E-state index in [-0.39, 0.29) is 0 Å². The molecule has 0 aliphatic heterocycles. The molecule has 1 aromatic heterocycles. The molecule has 1 aliphatic carbocycles. The van der Waals surface area contributed by atoms with Crippen LogP contribution in [0.4, 0.5) is 0 Å². The van der Waals surface area contributed by atoms with Crippen LogP contribution in [-0.2, 0) is 0 Å². The maximum Gasteiger partial charge on any atom is 0.162 e. The van der Waals surface area contributed by atoms with Crippen molar-refractivity contribution >= 4 is 16.6 Å². The number of nitrogens with one attached hydrogen (secondary N) is 1. The number of pyridine rings is 1. The molecule has 1 saturated carbocycles. The lowest BCUT2D eigenvalue weighted by Crippen LogP contribution is -2.33. The third kappa shape index (κ3) is 2.44. The van der Waals surface area contributed by atoms with Crippen LogP contribution in [-0.4, -0.2) is 16.9 Å². The van der Waals surface area contributed by atoms with Crippen molar-refractivity contribution in [2.45, 2.75) is 31.7 Å². The molecule has 1 heterocycles. The molecule has 1 aromatic carbocycles. The molecule has 4 nitrogen and oxygen atoms in total. The number of hydrogen-bond acceptors (Lipinski definition) is 3. The number of benzene rings is 1. The van der Waals surface area contributed by atoms with Crippen molar-refractivity contribution in [3.05, 3.63) is 42.2 Å². The number of fused-ring (bicyclic) bond motifs is 1. The number of nitrogens with zero attached hydrogens (tertiary/aromatic N) is 2. The standard InChI is InChI=1S/C15H18N4/c16-19-15(18-12-6-2-3-7-12)14-13-8-4-1-5-11(13)9-10-17-14/h1,4-5,8-10,12H,2-3,6-7,16H2,(H,18,19). The second-order valence-corrected chi connectivity index (χ2v) is 4.94. The van der Waals surface area contributed by atoms with E-state index in [1.807, 2.05) is 18.2 Å². The Labute approximate surface area is 112 Å². The molecule has 2 aromatic rings. The van der Waals surface area contributed by atoms with Crippen molar-refractivity contribution in [3.63, 3.8) is 0 Å². The van der Waals surface area contributed by atoms with Gasteiger partial charge in [0.15, 0.2) is 5.84 Å². The second-order valence-electron chi connectivity index (χ2n) is 4.94. The van der Waals surface area contributed by atoms with E-state index in [4.69, 9.17) is 10.8 Å². The molecular formula is C15H18N4. The zero-order valence-electron chi connectivity index (χ0n) is 10.8. The molecule has 1 fully saturated rings. The lowest BCUT2D eigenvalue weighted by atomic mass is 10.1. The predicted octanol–water partition coefficient (Wildman–Crippen LogP) is 2.39. The van der Waals surface area contributed by atoms with Gasteiger partial charge in [0.2, 0.25) is 0 Å². The molecule has 3 rings (SSSR count). The minimum absolute atomic E-state index is 0.381. The summed E-state index contributed by atoms with van der Waals surface area (Å²) in [6, 6.07) is 10.5. The maximum atomic E-state index is 5.65. The summed E-state index contributed by atoms with van der Waals surface area (Å²) in [6.45, 7) is 0. The molecule has 0 atom stereocenters. The van der Waals surface area contributed by atoms with Crippen molar-refractivity contribution in [2.75, 3.05) is 0 Å². The van der Waals surface area contributed by atoms with E-state index in [2.05, 4.69) is 22.5 Å². The topological polar surface area (TPSA) is 63.3 Å². The highest BCUT2D eigenvalue weighted by Crippen LogP contribution is 2.22. The summed E-state index contributed by atoms with van der Waals surface area (Å²) in [5.41, 5.74) is 3.57. The highest BCUT2D eigenvalue weighted by molar-refractivity contribution is 6.07. The highest BCUT2D eigenvalue weighted by atomic mass is 15.3. The molecular weight excluding hydrogens is 236 g/mol. The van der Waals surface area contributed by atoms with Gasteiger partial charge in [-0.3, -0.25) is 9.98 Å². The average Bonchev–Trinajstić information content (AvgIpc) is 2.97. The van der Waals surface area contributed by atoms with Gasteiger partial charge in [0.1, 0.15) is 5.69 Å². The van der Waals surface area contributed by atoms with Gasteiger partial charge >= 0.3 is 0 Å². The van der Waals surface area contributed by atoms with Crippen LogP contribution in [0, 0.1) is 0 Å². The van der Waals surface area contributed by atoms with Crippen LogP contribution in [0.3, 0.4) is 0 Å². The van der Waals surface area contributed by atoms with Crippen LogP contribution in [0.5, 0.6) is 0 Å². The predicted molar refractivity (Wildman–Crippen MR) is 77.9 cm³/mol. The van der Waals surface area contributed by atoms with Crippen LogP contribution < -0.4 is 11.3 Å². The van der Waals surface area contributed by atoms with E-state index < -0.39 is 0 Å². The first-order valence-corrected chi connectivity index (χ1v) is 6.77. The molecule has 0 saturated heterocycles. The minimum Gasteiger partial charge on any atom is -0.307 e. The molecule has 0 unspecified atom stereocenters. The number of aromatic nitrogens is 1. The summed E-state index contributed by atoms with van der Waals surface area (Å²) in [6.07, 6.45) is 6.62. The van der Waals surface area contributed by atoms with Crippen LogP contribution >= 0.6 is 0 Å². The first kappa shape index (κ1) is 12.1. The summed E-state index contributed by atoms with van der Waals surface area (Å²) in [5, 5.41) is 2.24. The van der Waals surface area contributed by atoms with Crippen molar-refractivity contribution < 1.29 is 0 Å². The van der Waals surface area contributed by atoms with Gasteiger partial charge in [-0.25, -0.2) is 5.84 Å². The Morgan fingerprint density at radius 3 is 2.79 bits per heavy atom. The van der Waals surface area contributed by atoms with Gasteiger partial charge in [0, 0.05) is 11.6 Å². The van der Waals surface area contributed by atoms with E-state index in [0.29, 0.717) is 11.9 Å². The quantitative estimate of drug-likeness (QED) is 0.374. The van der Waals surface area contributed by atoms with Crippen molar-refractivity contribution in [2.24, 2.45) is 10.8 Å². The van der Waals surface area contributed by atoms with E-state index in [1.165, 1.54) is 12.8 Å². The zero-order chi connectivity index (χ0) is 13.1. The van der Waals surface area contributed by atoms with Crippen molar-refractivity contribution in [1.29, 1.82) is 0 Å². The number of rotatable bonds is 2. The van der Waals surface area contributed by atoms with E-state index >= 15 is 0 Å². The summed E-state index contributed by atoms with van der Waals surface area (Å²) >= 11 is 0. The Balaban J connectivity index is 2.05. The largest absolute Gasteiger partial charge is 0.307 e. The van der Waals surface area contributed by atoms with E-state index in [1.54, 1.807) is 6.20 Å². The second kappa shape index (κ2) is 5.36. The lowest BCUT2D eigenvalue weighted by Gasteiger charge is -2.11. The summed E-state index contributed by atoms with van der Waals surface area (Å²) in [4.78, 5) is 9.18. The number of hydrogen-bond donors (Lipinski definition) is 2. The Morgan fingerprint density at radius 2 is 2.00 bits per heavy atom. The molecule has 4 heteroatoms. The molecule has 98 valence electrons. The zero-order valence-corrected chi connectivity index (χ0v) is 10.8. The SMILES string of the molecule is NNC(=NC1CCCC1)c1nccc2ccccc12. The Bertz CT molecular complexity index is 595. The average molecular weight is 254 g/mol. The summed E-state index contributed by atoms with van der Waals surface area (Å²) in [7, 11) is 0. The number of amidine groups is 1. The van der Waals surface area contributed by atoms with E-state index in [0.717, 1.165) is 29.3 Å². The van der Waals surface area contributed by atoms with Gasteiger partial charge in [-0.15, -0.1) is 0 Å². The first-order valence-electron chi connectivity index (χ1n) is 6.77. The summed E-state index contributed by atoms with van der Waals surface area (Å²) in [5.74, 6) is 6.35. The number of aliphatic imine (C=N–C) groups is 1. The molecule has 0 amide bonds. The van der Waals surface area contributed by atoms with Gasteiger partial charge in [-0.1, -0.05) is 37.1 Å². The van der Waals surface area contributed by atoms with Crippen molar-refractivity contribution in [1.82, 2.24) is 10.4 Å². The number of hydrazine groups is 1. The van der Waals surface area contributed by atoms with E-state index in [9.17, 15) is 0 Å². The third-order valence-corrected chi connectivity index (χ3v) is 3.67. The van der Waals surface area contributed by atoms with Gasteiger partial charge in [-0.05, 0) is 24.3 Å². The van der Waals surface area contributed by atoms with Gasteiger partial charge in [0.25, 0.3) is 0 Å². The monoisotopic (exact) mass is 254 g/mol. The fourth-order valence-electron chi connectivity index (χ4n) is 2.69. The van der Waals surface area contributed by atoms with Crippen molar-refractivity contribution in [3.8, 4) is 0 Å². The first-order chi connectivity index (χ1) is 9.38. The molecule has 0 bridgehead atoms. The normalized spacial score (nSPS) is 17.0. The van der Waals surface area contributed by atoms with Crippen LogP contribution in [0.25, 0.3) is 10.8 Å². The summed E-state index contributed by atoms with van der Waals surface area (Å²) < 4.78 is 0. The Kier molecular flexibility index (Phi) is 3.42. The molecule has 19 heavy (non-hydrogen) atoms. The molecule has 0 spiro atoms. The third-order valence-electron chi connectivity index (χ3n) is 3.67. The van der Waals surface area contributed by atoms with Gasteiger partial charge in [-0.2, -0.15) is 0 Å². The Hall–Kier alpha value is -1.94. The van der Waals surface area contributed by atoms with Gasteiger partial charge in [0.05, 0.1) is 6.04 Å². The fraction of sp³-hybridized carbons (Fsp3) is 0.333. The highest BCUT2D eigenvalue weighted by Gasteiger charge is 2.16. The smallest absolute Gasteiger partial charge is 0.162 e. The van der Waals surface area contributed by atoms with Crippen LogP contribution in [0.15, 0.2) is 41.5 Å². The number of nitrogens with two attached hydrogens (primary N) is 1. The molecule has 0 radical (unpaired) electrons.